The molecule has 0 aliphatic heterocycles. The number of nitrogens with two attached hydrogens (primary N) is 1. The van der Waals surface area contributed by atoms with Crippen LogP contribution in [0.4, 0.5) is 5.69 Å². The van der Waals surface area contributed by atoms with Gasteiger partial charge in [0.05, 0.1) is 0 Å². The molecular formula is C12H10N4OS. The van der Waals surface area contributed by atoms with Crippen molar-refractivity contribution in [1.82, 2.24) is 15.2 Å². The molecule has 0 aliphatic rings. The number of nitrogen functional groups attached to an aromatic ring is 1. The average Bonchev–Trinajstić information content (AvgIpc) is 2.79. The fraction of sp³-hybridized carbons (Fsp3) is 0.0833. The number of hydrogen-bond acceptors (Lipinski definition) is 6. The summed E-state index contributed by atoms with van der Waals surface area (Å²) in [6, 6.07) is 7.35. The second kappa shape index (κ2) is 4.23. The van der Waals surface area contributed by atoms with Gasteiger partial charge < -0.3 is 10.5 Å². The third-order valence-electron chi connectivity index (χ3n) is 2.47. The zero-order chi connectivity index (χ0) is 12.5. The van der Waals surface area contributed by atoms with Crippen LogP contribution in [-0.4, -0.2) is 15.2 Å². The van der Waals surface area contributed by atoms with Gasteiger partial charge in [-0.2, -0.15) is 0 Å². The van der Waals surface area contributed by atoms with E-state index in [1.54, 1.807) is 18.3 Å². The van der Waals surface area contributed by atoms with Crippen LogP contribution in [0.2, 0.25) is 0 Å². The first-order valence-corrected chi connectivity index (χ1v) is 6.17. The van der Waals surface area contributed by atoms with E-state index < -0.39 is 0 Å². The van der Waals surface area contributed by atoms with E-state index in [-0.39, 0.29) is 0 Å². The molecule has 0 aliphatic carbocycles. The minimum absolute atomic E-state index is 0.504. The van der Waals surface area contributed by atoms with Gasteiger partial charge in [0.25, 0.3) is 5.19 Å². The van der Waals surface area contributed by atoms with Crippen molar-refractivity contribution in [2.24, 2.45) is 0 Å². The third kappa shape index (κ3) is 1.86. The lowest BCUT2D eigenvalue weighted by molar-refractivity contribution is 0.477. The standard InChI is InChI=1S/C12H10N4OS/c1-7-15-16-12(18-7)17-10-5-4-9(13)8-3-2-6-14-11(8)10/h2-6H,13H2,1H3. The molecule has 0 bridgehead atoms. The zero-order valence-electron chi connectivity index (χ0n) is 9.62. The quantitative estimate of drug-likeness (QED) is 0.715. The van der Waals surface area contributed by atoms with Gasteiger partial charge in [-0.3, -0.25) is 4.98 Å². The van der Waals surface area contributed by atoms with Crippen molar-refractivity contribution in [1.29, 1.82) is 0 Å². The first kappa shape index (κ1) is 10.9. The lowest BCUT2D eigenvalue weighted by Crippen LogP contribution is -1.92. The largest absolute Gasteiger partial charge is 0.427 e. The van der Waals surface area contributed by atoms with Crippen molar-refractivity contribution in [3.8, 4) is 10.9 Å². The Morgan fingerprint density at radius 1 is 1.22 bits per heavy atom. The van der Waals surface area contributed by atoms with Gasteiger partial charge >= 0.3 is 0 Å². The highest BCUT2D eigenvalue weighted by Crippen LogP contribution is 2.32. The van der Waals surface area contributed by atoms with E-state index in [2.05, 4.69) is 15.2 Å². The molecule has 0 spiro atoms. The van der Waals surface area contributed by atoms with E-state index in [4.69, 9.17) is 10.5 Å². The second-order valence-electron chi connectivity index (χ2n) is 3.74. The van der Waals surface area contributed by atoms with Crippen molar-refractivity contribution in [3.63, 3.8) is 0 Å². The van der Waals surface area contributed by atoms with Gasteiger partial charge in [0, 0.05) is 17.3 Å². The van der Waals surface area contributed by atoms with E-state index in [1.807, 2.05) is 19.1 Å². The van der Waals surface area contributed by atoms with Gasteiger partial charge in [0.15, 0.2) is 5.75 Å². The maximum atomic E-state index is 5.90. The Bertz CT molecular complexity index is 710. The Morgan fingerprint density at radius 2 is 2.11 bits per heavy atom. The number of benzene rings is 1. The highest BCUT2D eigenvalue weighted by atomic mass is 32.1. The number of anilines is 1. The lowest BCUT2D eigenvalue weighted by Gasteiger charge is -2.06. The molecule has 0 fully saturated rings. The van der Waals surface area contributed by atoms with Crippen LogP contribution < -0.4 is 10.5 Å². The summed E-state index contributed by atoms with van der Waals surface area (Å²) >= 11 is 1.39. The molecule has 0 atom stereocenters. The summed E-state index contributed by atoms with van der Waals surface area (Å²) in [5, 5.41) is 10.1. The van der Waals surface area contributed by atoms with Crippen molar-refractivity contribution in [3.05, 3.63) is 35.5 Å². The zero-order valence-corrected chi connectivity index (χ0v) is 10.4. The molecule has 6 heteroatoms. The maximum Gasteiger partial charge on any atom is 0.299 e. The Morgan fingerprint density at radius 3 is 2.89 bits per heavy atom. The monoisotopic (exact) mass is 258 g/mol. The van der Waals surface area contributed by atoms with E-state index in [0.29, 0.717) is 16.6 Å². The summed E-state index contributed by atoms with van der Waals surface area (Å²) in [5.74, 6) is 0.635. The molecule has 0 amide bonds. The molecule has 18 heavy (non-hydrogen) atoms. The fourth-order valence-electron chi connectivity index (χ4n) is 1.66. The summed E-state index contributed by atoms with van der Waals surface area (Å²) in [5.41, 5.74) is 7.31. The average molecular weight is 258 g/mol. The Hall–Kier alpha value is -2.21. The van der Waals surface area contributed by atoms with Gasteiger partial charge in [-0.05, 0) is 31.2 Å². The number of nitrogens with zero attached hydrogens (tertiary/aromatic N) is 3. The molecular weight excluding hydrogens is 248 g/mol. The van der Waals surface area contributed by atoms with Crippen LogP contribution in [0.1, 0.15) is 5.01 Å². The van der Waals surface area contributed by atoms with Crippen LogP contribution >= 0.6 is 11.3 Å². The van der Waals surface area contributed by atoms with E-state index in [0.717, 1.165) is 15.9 Å². The van der Waals surface area contributed by atoms with Gasteiger partial charge in [-0.25, -0.2) is 0 Å². The lowest BCUT2D eigenvalue weighted by atomic mass is 10.2. The van der Waals surface area contributed by atoms with E-state index >= 15 is 0 Å². The van der Waals surface area contributed by atoms with Gasteiger partial charge in [-0.1, -0.05) is 16.4 Å². The smallest absolute Gasteiger partial charge is 0.299 e. The SMILES string of the molecule is Cc1nnc(Oc2ccc(N)c3cccnc23)s1. The van der Waals surface area contributed by atoms with Crippen molar-refractivity contribution < 1.29 is 4.74 Å². The molecule has 2 heterocycles. The van der Waals surface area contributed by atoms with Crippen LogP contribution in [-0.2, 0) is 0 Å². The Balaban J connectivity index is 2.09. The number of aryl methyl sites for hydroxylation is 1. The van der Waals surface area contributed by atoms with E-state index in [9.17, 15) is 0 Å². The topological polar surface area (TPSA) is 73.9 Å². The first-order valence-electron chi connectivity index (χ1n) is 5.35. The molecule has 2 N–H and O–H groups in total. The van der Waals surface area contributed by atoms with Crippen LogP contribution in [0.5, 0.6) is 10.9 Å². The van der Waals surface area contributed by atoms with Gasteiger partial charge in [0.2, 0.25) is 0 Å². The van der Waals surface area contributed by atoms with Crippen LogP contribution in [0.25, 0.3) is 10.9 Å². The second-order valence-corrected chi connectivity index (χ2v) is 4.89. The molecule has 2 aromatic heterocycles. The molecule has 0 unspecified atom stereocenters. The van der Waals surface area contributed by atoms with Gasteiger partial charge in [-0.15, -0.1) is 5.10 Å². The van der Waals surface area contributed by atoms with Crippen LogP contribution in [0.3, 0.4) is 0 Å². The summed E-state index contributed by atoms with van der Waals surface area (Å²) in [6.45, 7) is 1.88. The number of rotatable bonds is 2. The van der Waals surface area contributed by atoms with Crippen LogP contribution in [0.15, 0.2) is 30.5 Å². The minimum atomic E-state index is 0.504. The number of pyridine rings is 1. The van der Waals surface area contributed by atoms with Crippen molar-refractivity contribution in [2.75, 3.05) is 5.73 Å². The molecule has 5 nitrogen and oxygen atoms in total. The summed E-state index contributed by atoms with van der Waals surface area (Å²) in [4.78, 5) is 4.30. The fourth-order valence-corrected chi connectivity index (χ4v) is 2.21. The maximum absolute atomic E-state index is 5.90. The molecule has 0 radical (unpaired) electrons. The summed E-state index contributed by atoms with van der Waals surface area (Å²) in [7, 11) is 0. The highest BCUT2D eigenvalue weighted by molar-refractivity contribution is 7.13. The molecule has 90 valence electrons. The van der Waals surface area contributed by atoms with E-state index in [1.165, 1.54) is 11.3 Å². The number of aromatic nitrogens is 3. The molecule has 0 saturated carbocycles. The van der Waals surface area contributed by atoms with Crippen molar-refractivity contribution in [2.45, 2.75) is 6.92 Å². The van der Waals surface area contributed by atoms with Gasteiger partial charge in [0.1, 0.15) is 10.5 Å². The normalized spacial score (nSPS) is 10.7. The third-order valence-corrected chi connectivity index (χ3v) is 3.19. The summed E-state index contributed by atoms with van der Waals surface area (Å²) < 4.78 is 5.69. The molecule has 3 aromatic rings. The number of ether oxygens (including phenoxy) is 1. The first-order chi connectivity index (χ1) is 8.74. The molecule has 0 saturated heterocycles. The number of fused-ring (bicyclic) bond motifs is 1. The van der Waals surface area contributed by atoms with Crippen molar-refractivity contribution >= 4 is 27.9 Å². The summed E-state index contributed by atoms with van der Waals surface area (Å²) in [6.07, 6.45) is 1.71. The Kier molecular flexibility index (Phi) is 2.56. The number of hydrogen-bond donors (Lipinski definition) is 1. The highest BCUT2D eigenvalue weighted by Gasteiger charge is 2.09. The molecule has 1 aromatic carbocycles. The predicted molar refractivity (Wildman–Crippen MR) is 70.9 cm³/mol. The minimum Gasteiger partial charge on any atom is -0.427 e. The predicted octanol–water partition coefficient (Wildman–Crippen LogP) is 2.77. The molecule has 3 rings (SSSR count). The van der Waals surface area contributed by atoms with Crippen LogP contribution in [0, 0.1) is 6.92 Å². The Labute approximate surface area is 107 Å².